The molecule has 1 amide bonds. The average Bonchev–Trinajstić information content (AvgIpc) is 2.71. The highest BCUT2D eigenvalue weighted by atomic mass is 32.2. The summed E-state index contributed by atoms with van der Waals surface area (Å²) in [5.74, 6) is 2.54. The second-order valence-electron chi connectivity index (χ2n) is 5.68. The summed E-state index contributed by atoms with van der Waals surface area (Å²) in [6.45, 7) is 2.28. The van der Waals surface area contributed by atoms with Crippen LogP contribution in [0.15, 0.2) is 41.3 Å². The van der Waals surface area contributed by atoms with Gasteiger partial charge in [0.05, 0.1) is 33.7 Å². The van der Waals surface area contributed by atoms with Crippen molar-refractivity contribution >= 4 is 17.7 Å². The van der Waals surface area contributed by atoms with E-state index in [1.165, 1.54) is 11.8 Å². The lowest BCUT2D eigenvalue weighted by Gasteiger charge is -2.14. The number of hydrogen-bond donors (Lipinski definition) is 1. The van der Waals surface area contributed by atoms with Crippen LogP contribution in [0.1, 0.15) is 12.5 Å². The quantitative estimate of drug-likeness (QED) is 0.660. The zero-order chi connectivity index (χ0) is 19.8. The molecular weight excluding hydrogens is 366 g/mol. The summed E-state index contributed by atoms with van der Waals surface area (Å²) in [7, 11) is 6.36. The molecule has 0 aliphatic carbocycles. The molecule has 0 fully saturated rings. The second kappa shape index (κ2) is 9.97. The van der Waals surface area contributed by atoms with E-state index in [4.69, 9.17) is 18.9 Å². The van der Waals surface area contributed by atoms with Gasteiger partial charge < -0.3 is 24.3 Å². The fourth-order valence-corrected chi connectivity index (χ4v) is 3.39. The van der Waals surface area contributed by atoms with Crippen molar-refractivity contribution in [3.63, 3.8) is 0 Å². The molecule has 146 valence electrons. The largest absolute Gasteiger partial charge is 0.493 e. The van der Waals surface area contributed by atoms with E-state index >= 15 is 0 Å². The number of benzene rings is 2. The molecular formula is C20H25NO5S. The van der Waals surface area contributed by atoms with Crippen LogP contribution in [0.3, 0.4) is 0 Å². The second-order valence-corrected chi connectivity index (χ2v) is 7.10. The third-order valence-corrected chi connectivity index (χ3v) is 5.05. The average molecular weight is 391 g/mol. The van der Waals surface area contributed by atoms with E-state index in [9.17, 15) is 4.79 Å². The molecule has 27 heavy (non-hydrogen) atoms. The maximum Gasteiger partial charge on any atom is 0.233 e. The summed E-state index contributed by atoms with van der Waals surface area (Å²) >= 11 is 1.46. The van der Waals surface area contributed by atoms with Gasteiger partial charge in [0.2, 0.25) is 5.91 Å². The molecule has 0 bridgehead atoms. The van der Waals surface area contributed by atoms with E-state index in [0.29, 0.717) is 29.5 Å². The first kappa shape index (κ1) is 20.8. The highest BCUT2D eigenvalue weighted by Crippen LogP contribution is 2.33. The first-order valence-electron chi connectivity index (χ1n) is 8.39. The molecule has 0 unspecified atom stereocenters. The van der Waals surface area contributed by atoms with Gasteiger partial charge in [-0.1, -0.05) is 6.07 Å². The first-order chi connectivity index (χ1) is 13.0. The topological polar surface area (TPSA) is 66.0 Å². The van der Waals surface area contributed by atoms with E-state index in [-0.39, 0.29) is 11.2 Å². The summed E-state index contributed by atoms with van der Waals surface area (Å²) in [6, 6.07) is 11.2. The Morgan fingerprint density at radius 1 is 0.889 bits per heavy atom. The van der Waals surface area contributed by atoms with Gasteiger partial charge in [0.25, 0.3) is 0 Å². The van der Waals surface area contributed by atoms with E-state index in [0.717, 1.165) is 10.5 Å². The van der Waals surface area contributed by atoms with Gasteiger partial charge in [-0.15, -0.1) is 11.8 Å². The third-order valence-electron chi connectivity index (χ3n) is 3.95. The van der Waals surface area contributed by atoms with Crippen LogP contribution >= 0.6 is 11.8 Å². The summed E-state index contributed by atoms with van der Waals surface area (Å²) in [4.78, 5) is 13.4. The van der Waals surface area contributed by atoms with Crippen molar-refractivity contribution in [1.29, 1.82) is 0 Å². The van der Waals surface area contributed by atoms with Crippen molar-refractivity contribution in [3.05, 3.63) is 42.0 Å². The van der Waals surface area contributed by atoms with Crippen molar-refractivity contribution in [2.75, 3.05) is 28.4 Å². The van der Waals surface area contributed by atoms with E-state index in [2.05, 4.69) is 5.32 Å². The van der Waals surface area contributed by atoms with Crippen LogP contribution in [0, 0.1) is 0 Å². The summed E-state index contributed by atoms with van der Waals surface area (Å²) in [5.41, 5.74) is 0.935. The lowest BCUT2D eigenvalue weighted by molar-refractivity contribution is -0.120. The monoisotopic (exact) mass is 391 g/mol. The lowest BCUT2D eigenvalue weighted by Crippen LogP contribution is -2.30. The zero-order valence-corrected chi connectivity index (χ0v) is 17.0. The maximum absolute atomic E-state index is 12.4. The third kappa shape index (κ3) is 5.47. The molecule has 2 rings (SSSR count). The van der Waals surface area contributed by atoms with Crippen LogP contribution < -0.4 is 24.3 Å². The maximum atomic E-state index is 12.4. The van der Waals surface area contributed by atoms with Gasteiger partial charge in [-0.05, 0) is 42.8 Å². The minimum atomic E-state index is -0.261. The Bertz CT molecular complexity index is 781. The van der Waals surface area contributed by atoms with Gasteiger partial charge >= 0.3 is 0 Å². The minimum absolute atomic E-state index is 0.0513. The molecule has 0 heterocycles. The van der Waals surface area contributed by atoms with Gasteiger partial charge in [0.1, 0.15) is 0 Å². The fourth-order valence-electron chi connectivity index (χ4n) is 2.47. The Morgan fingerprint density at radius 3 is 2.04 bits per heavy atom. The van der Waals surface area contributed by atoms with Gasteiger partial charge in [0, 0.05) is 11.4 Å². The molecule has 0 saturated carbocycles. The van der Waals surface area contributed by atoms with Crippen molar-refractivity contribution in [2.45, 2.75) is 23.6 Å². The van der Waals surface area contributed by atoms with Crippen LogP contribution in [-0.4, -0.2) is 39.6 Å². The molecule has 1 N–H and O–H groups in total. The number of methoxy groups -OCH3 is 4. The molecule has 0 aliphatic rings. The normalized spacial score (nSPS) is 11.4. The highest BCUT2D eigenvalue weighted by Gasteiger charge is 2.16. The van der Waals surface area contributed by atoms with Crippen LogP contribution in [0.5, 0.6) is 23.0 Å². The van der Waals surface area contributed by atoms with Crippen LogP contribution in [0.25, 0.3) is 0 Å². The van der Waals surface area contributed by atoms with Crippen molar-refractivity contribution in [1.82, 2.24) is 5.32 Å². The molecule has 6 nitrogen and oxygen atoms in total. The van der Waals surface area contributed by atoms with Crippen molar-refractivity contribution in [3.8, 4) is 23.0 Å². The van der Waals surface area contributed by atoms with E-state index in [1.807, 2.05) is 43.3 Å². The van der Waals surface area contributed by atoms with Crippen LogP contribution in [0.2, 0.25) is 0 Å². The fraction of sp³-hybridized carbons (Fsp3) is 0.350. The van der Waals surface area contributed by atoms with Gasteiger partial charge in [0.15, 0.2) is 23.0 Å². The Hall–Kier alpha value is -2.54. The SMILES string of the molecule is COc1ccc(CNC(=O)[C@@H](C)Sc2ccc(OC)c(OC)c2)cc1OC. The van der Waals surface area contributed by atoms with E-state index in [1.54, 1.807) is 28.4 Å². The van der Waals surface area contributed by atoms with E-state index < -0.39 is 0 Å². The van der Waals surface area contributed by atoms with Crippen LogP contribution in [-0.2, 0) is 11.3 Å². The number of amides is 1. The predicted molar refractivity (Wildman–Crippen MR) is 106 cm³/mol. The predicted octanol–water partition coefficient (Wildman–Crippen LogP) is 3.52. The lowest BCUT2D eigenvalue weighted by atomic mass is 10.2. The van der Waals surface area contributed by atoms with Gasteiger partial charge in [-0.3, -0.25) is 4.79 Å². The van der Waals surface area contributed by atoms with Gasteiger partial charge in [-0.25, -0.2) is 0 Å². The molecule has 2 aromatic carbocycles. The number of thioether (sulfide) groups is 1. The number of rotatable bonds is 9. The Morgan fingerprint density at radius 2 is 1.44 bits per heavy atom. The molecule has 0 saturated heterocycles. The Labute approximate surface area is 164 Å². The van der Waals surface area contributed by atoms with Crippen LogP contribution in [0.4, 0.5) is 0 Å². The number of carbonyl (C=O) groups excluding carboxylic acids is 1. The summed E-state index contributed by atoms with van der Waals surface area (Å²) < 4.78 is 21.0. The summed E-state index contributed by atoms with van der Waals surface area (Å²) in [5, 5.41) is 2.69. The number of nitrogens with one attached hydrogen (secondary N) is 1. The first-order valence-corrected chi connectivity index (χ1v) is 9.27. The molecule has 7 heteroatoms. The molecule has 1 atom stereocenters. The van der Waals surface area contributed by atoms with Crippen molar-refractivity contribution in [2.24, 2.45) is 0 Å². The molecule has 0 aliphatic heterocycles. The molecule has 0 aromatic heterocycles. The molecule has 0 radical (unpaired) electrons. The number of ether oxygens (including phenoxy) is 4. The Kier molecular flexibility index (Phi) is 7.67. The molecule has 0 spiro atoms. The van der Waals surface area contributed by atoms with Gasteiger partial charge in [-0.2, -0.15) is 0 Å². The number of hydrogen-bond acceptors (Lipinski definition) is 6. The standard InChI is InChI=1S/C20H25NO5S/c1-13(27-15-7-9-17(24-3)19(11-15)26-5)20(22)21-12-14-6-8-16(23-2)18(10-14)25-4/h6-11,13H,12H2,1-5H3,(H,21,22)/t13-/m1/s1. The number of carbonyl (C=O) groups is 1. The Balaban J connectivity index is 1.96. The van der Waals surface area contributed by atoms with Crippen molar-refractivity contribution < 1.29 is 23.7 Å². The zero-order valence-electron chi connectivity index (χ0n) is 16.2. The smallest absolute Gasteiger partial charge is 0.233 e. The minimum Gasteiger partial charge on any atom is -0.493 e. The highest BCUT2D eigenvalue weighted by molar-refractivity contribution is 8.00. The molecule has 2 aromatic rings. The summed E-state index contributed by atoms with van der Waals surface area (Å²) in [6.07, 6.45) is 0.